The summed E-state index contributed by atoms with van der Waals surface area (Å²) in [5.74, 6) is 2.68. The second-order valence-corrected chi connectivity index (χ2v) is 4.85. The highest BCUT2D eigenvalue weighted by molar-refractivity contribution is 5.84. The highest BCUT2D eigenvalue weighted by atomic mass is 14.0. The first-order valence-electron chi connectivity index (χ1n) is 6.83. The largest absolute Gasteiger partial charge is 0.115 e. The fraction of sp³-hybridized carbons (Fsp3) is 0.333. The van der Waals surface area contributed by atoms with Gasteiger partial charge in [-0.15, -0.1) is 6.42 Å². The molecule has 2 aromatic carbocycles. The Labute approximate surface area is 110 Å². The van der Waals surface area contributed by atoms with Gasteiger partial charge in [-0.05, 0) is 41.3 Å². The van der Waals surface area contributed by atoms with Crippen LogP contribution in [0.2, 0.25) is 0 Å². The van der Waals surface area contributed by atoms with Gasteiger partial charge in [0.2, 0.25) is 0 Å². The van der Waals surface area contributed by atoms with Crippen LogP contribution in [-0.2, 0) is 6.42 Å². The lowest BCUT2D eigenvalue weighted by molar-refractivity contribution is 0.667. The first kappa shape index (κ1) is 12.7. The molecule has 18 heavy (non-hydrogen) atoms. The molecule has 92 valence electrons. The molecule has 0 N–H and O–H groups in total. The lowest BCUT2D eigenvalue weighted by Gasteiger charge is -2.04. The Kier molecular flexibility index (Phi) is 4.42. The molecule has 0 spiro atoms. The molecule has 2 aromatic rings. The van der Waals surface area contributed by atoms with Crippen molar-refractivity contribution in [3.05, 3.63) is 47.5 Å². The molecule has 0 aliphatic carbocycles. The van der Waals surface area contributed by atoms with Crippen LogP contribution in [0.25, 0.3) is 10.8 Å². The van der Waals surface area contributed by atoms with E-state index in [1.165, 1.54) is 48.4 Å². The first-order valence-corrected chi connectivity index (χ1v) is 6.83. The number of rotatable bonds is 5. The molecule has 0 radical (unpaired) electrons. The highest BCUT2D eigenvalue weighted by Crippen LogP contribution is 2.19. The van der Waals surface area contributed by atoms with E-state index in [0.29, 0.717) is 0 Å². The Bertz CT molecular complexity index is 558. The summed E-state index contributed by atoms with van der Waals surface area (Å²) in [6.07, 6.45) is 11.9. The van der Waals surface area contributed by atoms with Gasteiger partial charge in [0.05, 0.1) is 0 Å². The lowest BCUT2D eigenvalue weighted by atomic mass is 10.0. The molecule has 0 nitrogen and oxygen atoms in total. The van der Waals surface area contributed by atoms with Gasteiger partial charge in [0.1, 0.15) is 0 Å². The van der Waals surface area contributed by atoms with Crippen molar-refractivity contribution in [3.63, 3.8) is 0 Å². The van der Waals surface area contributed by atoms with Gasteiger partial charge in [-0.1, -0.05) is 56.4 Å². The van der Waals surface area contributed by atoms with Gasteiger partial charge in [-0.3, -0.25) is 0 Å². The van der Waals surface area contributed by atoms with Gasteiger partial charge in [0, 0.05) is 5.56 Å². The number of hydrogen-bond acceptors (Lipinski definition) is 0. The number of benzene rings is 2. The summed E-state index contributed by atoms with van der Waals surface area (Å²) < 4.78 is 0. The summed E-state index contributed by atoms with van der Waals surface area (Å²) in [6.45, 7) is 2.25. The van der Waals surface area contributed by atoms with Gasteiger partial charge in [-0.2, -0.15) is 0 Å². The molecular formula is C18H20. The molecule has 0 aromatic heterocycles. The Balaban J connectivity index is 2.11. The van der Waals surface area contributed by atoms with Crippen LogP contribution >= 0.6 is 0 Å². The number of hydrogen-bond donors (Lipinski definition) is 0. The van der Waals surface area contributed by atoms with Crippen molar-refractivity contribution >= 4 is 10.8 Å². The average Bonchev–Trinajstić information content (AvgIpc) is 2.43. The molecule has 0 atom stereocenters. The molecule has 0 heteroatoms. The van der Waals surface area contributed by atoms with E-state index in [2.05, 4.69) is 43.2 Å². The molecule has 0 aliphatic heterocycles. The average molecular weight is 236 g/mol. The minimum absolute atomic E-state index is 0.957. The highest BCUT2D eigenvalue weighted by Gasteiger charge is 1.98. The Morgan fingerprint density at radius 2 is 1.72 bits per heavy atom. The fourth-order valence-corrected chi connectivity index (χ4v) is 2.30. The van der Waals surface area contributed by atoms with Gasteiger partial charge in [0.25, 0.3) is 0 Å². The molecule has 0 unspecified atom stereocenters. The standard InChI is InChI=1S/C18H20/c1-3-5-6-7-8-16-10-12-17-13-15(4-2)9-11-18(17)14-16/h2,9-14H,3,5-8H2,1H3. The fourth-order valence-electron chi connectivity index (χ4n) is 2.30. The van der Waals surface area contributed by atoms with Crippen LogP contribution in [0.5, 0.6) is 0 Å². The summed E-state index contributed by atoms with van der Waals surface area (Å²) >= 11 is 0. The van der Waals surface area contributed by atoms with E-state index in [1.807, 2.05) is 6.07 Å². The quantitative estimate of drug-likeness (QED) is 0.509. The number of aryl methyl sites for hydroxylation is 1. The molecule has 0 fully saturated rings. The normalized spacial score (nSPS) is 10.4. The van der Waals surface area contributed by atoms with Crippen LogP contribution in [0.15, 0.2) is 36.4 Å². The second-order valence-electron chi connectivity index (χ2n) is 4.85. The van der Waals surface area contributed by atoms with Crippen LogP contribution in [0.1, 0.15) is 43.7 Å². The molecule has 0 aliphatic rings. The molecule has 0 amide bonds. The number of terminal acetylenes is 1. The summed E-state index contributed by atoms with van der Waals surface area (Å²) in [5.41, 5.74) is 2.39. The maximum Gasteiger partial charge on any atom is 0.0248 e. The topological polar surface area (TPSA) is 0 Å². The predicted molar refractivity (Wildman–Crippen MR) is 79.7 cm³/mol. The summed E-state index contributed by atoms with van der Waals surface area (Å²) in [7, 11) is 0. The van der Waals surface area contributed by atoms with E-state index in [1.54, 1.807) is 0 Å². The lowest BCUT2D eigenvalue weighted by Crippen LogP contribution is -1.86. The van der Waals surface area contributed by atoms with E-state index < -0.39 is 0 Å². The predicted octanol–water partition coefficient (Wildman–Crippen LogP) is 4.94. The van der Waals surface area contributed by atoms with E-state index in [-0.39, 0.29) is 0 Å². The number of fused-ring (bicyclic) bond motifs is 1. The minimum Gasteiger partial charge on any atom is -0.115 e. The van der Waals surface area contributed by atoms with Crippen molar-refractivity contribution in [2.45, 2.75) is 39.0 Å². The smallest absolute Gasteiger partial charge is 0.0248 e. The maximum absolute atomic E-state index is 5.41. The van der Waals surface area contributed by atoms with Crippen molar-refractivity contribution in [2.75, 3.05) is 0 Å². The Morgan fingerprint density at radius 1 is 0.944 bits per heavy atom. The second kappa shape index (κ2) is 6.26. The molecule has 0 bridgehead atoms. The van der Waals surface area contributed by atoms with Gasteiger partial charge in [0.15, 0.2) is 0 Å². The van der Waals surface area contributed by atoms with Crippen molar-refractivity contribution < 1.29 is 0 Å². The third-order valence-electron chi connectivity index (χ3n) is 3.39. The third-order valence-corrected chi connectivity index (χ3v) is 3.39. The van der Waals surface area contributed by atoms with Crippen molar-refractivity contribution in [3.8, 4) is 12.3 Å². The molecule has 2 rings (SSSR count). The number of unbranched alkanes of at least 4 members (excludes halogenated alkanes) is 3. The minimum atomic E-state index is 0.957. The maximum atomic E-state index is 5.41. The molecule has 0 heterocycles. The van der Waals surface area contributed by atoms with Crippen LogP contribution < -0.4 is 0 Å². The van der Waals surface area contributed by atoms with E-state index in [9.17, 15) is 0 Å². The molecular weight excluding hydrogens is 216 g/mol. The van der Waals surface area contributed by atoms with Crippen molar-refractivity contribution in [1.29, 1.82) is 0 Å². The first-order chi connectivity index (χ1) is 8.83. The zero-order chi connectivity index (χ0) is 12.8. The van der Waals surface area contributed by atoms with Crippen molar-refractivity contribution in [2.24, 2.45) is 0 Å². The summed E-state index contributed by atoms with van der Waals surface area (Å²) in [6, 6.07) is 12.9. The Hall–Kier alpha value is -1.74. The Morgan fingerprint density at radius 3 is 2.50 bits per heavy atom. The zero-order valence-electron chi connectivity index (χ0n) is 11.1. The third kappa shape index (κ3) is 3.14. The summed E-state index contributed by atoms with van der Waals surface area (Å²) in [5, 5.41) is 2.53. The van der Waals surface area contributed by atoms with Crippen LogP contribution in [-0.4, -0.2) is 0 Å². The van der Waals surface area contributed by atoms with Crippen LogP contribution in [0.4, 0.5) is 0 Å². The summed E-state index contributed by atoms with van der Waals surface area (Å²) in [4.78, 5) is 0. The van der Waals surface area contributed by atoms with Crippen LogP contribution in [0, 0.1) is 12.3 Å². The van der Waals surface area contributed by atoms with E-state index in [0.717, 1.165) is 5.56 Å². The van der Waals surface area contributed by atoms with Crippen molar-refractivity contribution in [1.82, 2.24) is 0 Å². The van der Waals surface area contributed by atoms with Gasteiger partial charge < -0.3 is 0 Å². The molecule has 0 saturated carbocycles. The van der Waals surface area contributed by atoms with Gasteiger partial charge >= 0.3 is 0 Å². The van der Waals surface area contributed by atoms with E-state index >= 15 is 0 Å². The SMILES string of the molecule is C#Cc1ccc2cc(CCCCCC)ccc2c1. The van der Waals surface area contributed by atoms with Gasteiger partial charge in [-0.25, -0.2) is 0 Å². The molecule has 0 saturated heterocycles. The van der Waals surface area contributed by atoms with Crippen LogP contribution in [0.3, 0.4) is 0 Å². The zero-order valence-corrected chi connectivity index (χ0v) is 11.1. The van der Waals surface area contributed by atoms with E-state index in [4.69, 9.17) is 6.42 Å². The monoisotopic (exact) mass is 236 g/mol.